The second-order valence-corrected chi connectivity index (χ2v) is 6.93. The number of ether oxygens (including phenoxy) is 1. The summed E-state index contributed by atoms with van der Waals surface area (Å²) in [6.45, 7) is 2.41. The minimum absolute atomic E-state index is 0.0498. The van der Waals surface area contributed by atoms with Gasteiger partial charge in [0.25, 0.3) is 5.91 Å². The molecule has 1 heterocycles. The van der Waals surface area contributed by atoms with E-state index in [9.17, 15) is 18.4 Å². The molecule has 0 aromatic heterocycles. The van der Waals surface area contributed by atoms with E-state index in [1.54, 1.807) is 31.0 Å². The Morgan fingerprint density at radius 2 is 1.79 bits per heavy atom. The first-order valence-electron chi connectivity index (χ1n) is 9.33. The molecule has 0 bridgehead atoms. The van der Waals surface area contributed by atoms with Crippen LogP contribution < -0.4 is 10.1 Å². The average molecular weight is 403 g/mol. The summed E-state index contributed by atoms with van der Waals surface area (Å²) in [5, 5.41) is 2.75. The molecule has 1 aliphatic rings. The minimum Gasteiger partial charge on any atom is -0.489 e. The molecule has 2 aromatic rings. The van der Waals surface area contributed by atoms with Gasteiger partial charge in [-0.3, -0.25) is 9.69 Å². The van der Waals surface area contributed by atoms with Crippen molar-refractivity contribution in [3.8, 4) is 5.75 Å². The van der Waals surface area contributed by atoms with E-state index in [1.807, 2.05) is 0 Å². The SMILES string of the molecule is CC[C@]1(c2ccc(F)cc2)NC(=O)N(CN(C)CCOc2ccccc2F)C1=O. The summed E-state index contributed by atoms with van der Waals surface area (Å²) in [6.07, 6.45) is 0.333. The molecule has 2 aromatic carbocycles. The van der Waals surface area contributed by atoms with Crippen molar-refractivity contribution in [2.75, 3.05) is 26.9 Å². The number of para-hydroxylation sites is 1. The van der Waals surface area contributed by atoms with Crippen LogP contribution in [0.1, 0.15) is 18.9 Å². The van der Waals surface area contributed by atoms with Gasteiger partial charge in [0.15, 0.2) is 11.6 Å². The van der Waals surface area contributed by atoms with Crippen molar-refractivity contribution >= 4 is 11.9 Å². The van der Waals surface area contributed by atoms with Crippen LogP contribution in [0.15, 0.2) is 48.5 Å². The van der Waals surface area contributed by atoms with Gasteiger partial charge in [-0.25, -0.2) is 18.5 Å². The van der Waals surface area contributed by atoms with Crippen molar-refractivity contribution in [1.82, 2.24) is 15.1 Å². The smallest absolute Gasteiger partial charge is 0.326 e. The van der Waals surface area contributed by atoms with Gasteiger partial charge in [-0.1, -0.05) is 31.2 Å². The Balaban J connectivity index is 1.63. The fourth-order valence-corrected chi connectivity index (χ4v) is 3.31. The Morgan fingerprint density at radius 3 is 2.45 bits per heavy atom. The number of benzene rings is 2. The van der Waals surface area contributed by atoms with E-state index < -0.39 is 29.1 Å². The first-order valence-corrected chi connectivity index (χ1v) is 9.33. The van der Waals surface area contributed by atoms with Crippen LogP contribution in [-0.4, -0.2) is 48.6 Å². The molecule has 29 heavy (non-hydrogen) atoms. The lowest BCUT2D eigenvalue weighted by Gasteiger charge is -2.27. The van der Waals surface area contributed by atoms with Gasteiger partial charge >= 0.3 is 6.03 Å². The van der Waals surface area contributed by atoms with Crippen molar-refractivity contribution in [2.24, 2.45) is 0 Å². The number of hydrogen-bond donors (Lipinski definition) is 1. The summed E-state index contributed by atoms with van der Waals surface area (Å²) in [4.78, 5) is 28.4. The molecule has 0 radical (unpaired) electrons. The molecular formula is C21H23F2N3O3. The Morgan fingerprint density at radius 1 is 1.10 bits per heavy atom. The lowest BCUT2D eigenvalue weighted by molar-refractivity contribution is -0.133. The van der Waals surface area contributed by atoms with E-state index >= 15 is 0 Å². The second-order valence-electron chi connectivity index (χ2n) is 6.93. The molecule has 0 aliphatic carbocycles. The number of nitrogens with one attached hydrogen (secondary N) is 1. The quantitative estimate of drug-likeness (QED) is 0.688. The van der Waals surface area contributed by atoms with Gasteiger partial charge in [-0.15, -0.1) is 0 Å². The topological polar surface area (TPSA) is 61.9 Å². The summed E-state index contributed by atoms with van der Waals surface area (Å²) in [5.41, 5.74) is -0.678. The van der Waals surface area contributed by atoms with Gasteiger partial charge in [-0.05, 0) is 43.3 Å². The summed E-state index contributed by atoms with van der Waals surface area (Å²) < 4.78 is 32.3. The maximum Gasteiger partial charge on any atom is 0.326 e. The minimum atomic E-state index is -1.21. The summed E-state index contributed by atoms with van der Waals surface area (Å²) in [6, 6.07) is 11.1. The number of amides is 3. The highest BCUT2D eigenvalue weighted by atomic mass is 19.1. The molecule has 1 saturated heterocycles. The van der Waals surface area contributed by atoms with Crippen LogP contribution in [0.5, 0.6) is 5.75 Å². The molecule has 1 fully saturated rings. The monoisotopic (exact) mass is 403 g/mol. The van der Waals surface area contributed by atoms with Gasteiger partial charge < -0.3 is 10.1 Å². The number of hydrogen-bond acceptors (Lipinski definition) is 4. The fourth-order valence-electron chi connectivity index (χ4n) is 3.31. The Bertz CT molecular complexity index is 891. The molecule has 3 rings (SSSR count). The molecule has 0 unspecified atom stereocenters. The van der Waals surface area contributed by atoms with Crippen molar-refractivity contribution < 1.29 is 23.1 Å². The molecule has 6 nitrogen and oxygen atoms in total. The molecule has 8 heteroatoms. The summed E-state index contributed by atoms with van der Waals surface area (Å²) in [5.74, 6) is -1.10. The highest BCUT2D eigenvalue weighted by Gasteiger charge is 2.51. The van der Waals surface area contributed by atoms with E-state index in [4.69, 9.17) is 4.74 Å². The van der Waals surface area contributed by atoms with Crippen LogP contribution in [0.3, 0.4) is 0 Å². The Hall–Kier alpha value is -3.00. The van der Waals surface area contributed by atoms with Gasteiger partial charge in [0, 0.05) is 6.54 Å². The van der Waals surface area contributed by atoms with Crippen LogP contribution in [-0.2, 0) is 10.3 Å². The molecule has 0 spiro atoms. The molecule has 3 amide bonds. The number of imide groups is 1. The lowest BCUT2D eigenvalue weighted by Crippen LogP contribution is -2.45. The molecular weight excluding hydrogens is 380 g/mol. The number of nitrogens with zero attached hydrogens (tertiary/aromatic N) is 2. The number of carbonyl (C=O) groups excluding carboxylic acids is 2. The van der Waals surface area contributed by atoms with Crippen molar-refractivity contribution in [2.45, 2.75) is 18.9 Å². The highest BCUT2D eigenvalue weighted by molar-refractivity contribution is 6.07. The van der Waals surface area contributed by atoms with E-state index in [1.165, 1.54) is 36.4 Å². The zero-order valence-electron chi connectivity index (χ0n) is 16.3. The van der Waals surface area contributed by atoms with Gasteiger partial charge in [0.2, 0.25) is 0 Å². The van der Waals surface area contributed by atoms with Crippen LogP contribution in [0, 0.1) is 11.6 Å². The average Bonchev–Trinajstić information content (AvgIpc) is 2.95. The second kappa shape index (κ2) is 8.57. The maximum absolute atomic E-state index is 13.6. The van der Waals surface area contributed by atoms with Gasteiger partial charge in [0.05, 0.1) is 6.67 Å². The zero-order valence-corrected chi connectivity index (χ0v) is 16.3. The first kappa shape index (κ1) is 20.7. The van der Waals surface area contributed by atoms with Crippen molar-refractivity contribution in [1.29, 1.82) is 0 Å². The number of rotatable bonds is 8. The first-order chi connectivity index (χ1) is 13.9. The lowest BCUT2D eigenvalue weighted by atomic mass is 9.87. The molecule has 1 aliphatic heterocycles. The van der Waals surface area contributed by atoms with E-state index in [-0.39, 0.29) is 19.0 Å². The van der Waals surface area contributed by atoms with E-state index in [0.29, 0.717) is 18.5 Å². The predicted molar refractivity (Wildman–Crippen MR) is 103 cm³/mol. The van der Waals surface area contributed by atoms with Crippen LogP contribution in [0.2, 0.25) is 0 Å². The van der Waals surface area contributed by atoms with E-state index in [0.717, 1.165) is 4.90 Å². The third kappa shape index (κ3) is 4.22. The predicted octanol–water partition coefficient (Wildman–Crippen LogP) is 3.09. The summed E-state index contributed by atoms with van der Waals surface area (Å²) in [7, 11) is 1.73. The number of halogens is 2. The third-order valence-corrected chi connectivity index (χ3v) is 4.99. The molecule has 1 atom stereocenters. The fraction of sp³-hybridized carbons (Fsp3) is 0.333. The number of likely N-dealkylation sites (N-methyl/N-ethyl adjacent to an activating group) is 1. The van der Waals surface area contributed by atoms with Crippen molar-refractivity contribution in [3.63, 3.8) is 0 Å². The normalized spacial score (nSPS) is 19.0. The molecule has 1 N–H and O–H groups in total. The van der Waals surface area contributed by atoms with Gasteiger partial charge in [0.1, 0.15) is 18.0 Å². The molecule has 154 valence electrons. The third-order valence-electron chi connectivity index (χ3n) is 4.99. The van der Waals surface area contributed by atoms with E-state index in [2.05, 4.69) is 5.32 Å². The van der Waals surface area contributed by atoms with Crippen LogP contribution >= 0.6 is 0 Å². The number of carbonyl (C=O) groups is 2. The number of urea groups is 1. The maximum atomic E-state index is 13.6. The largest absolute Gasteiger partial charge is 0.489 e. The van der Waals surface area contributed by atoms with Crippen molar-refractivity contribution in [3.05, 3.63) is 65.7 Å². The zero-order chi connectivity index (χ0) is 21.0. The van der Waals surface area contributed by atoms with Gasteiger partial charge in [-0.2, -0.15) is 0 Å². The Kier molecular flexibility index (Phi) is 6.12. The van der Waals surface area contributed by atoms with Crippen LogP contribution in [0.4, 0.5) is 13.6 Å². The Labute approximate surface area is 168 Å². The van der Waals surface area contributed by atoms with Crippen LogP contribution in [0.25, 0.3) is 0 Å². The highest BCUT2D eigenvalue weighted by Crippen LogP contribution is 2.32. The standard InChI is InChI=1S/C21H23F2N3O3/c1-3-21(15-8-10-16(22)11-9-15)19(27)26(20(28)24-21)14-25(2)12-13-29-18-7-5-4-6-17(18)23/h4-11H,3,12-14H2,1-2H3,(H,24,28)/t21-/m1/s1. The molecule has 0 saturated carbocycles. The summed E-state index contributed by atoms with van der Waals surface area (Å²) >= 11 is 0.